The fourth-order valence-corrected chi connectivity index (χ4v) is 5.00. The summed E-state index contributed by atoms with van der Waals surface area (Å²) in [5.41, 5.74) is 7.75. The molecule has 0 radical (unpaired) electrons. The van der Waals surface area contributed by atoms with E-state index in [4.69, 9.17) is 10.7 Å². The van der Waals surface area contributed by atoms with Crippen molar-refractivity contribution in [1.29, 1.82) is 0 Å². The Kier molecular flexibility index (Phi) is 5.26. The van der Waals surface area contributed by atoms with Gasteiger partial charge in [0.05, 0.1) is 30.4 Å². The molecule has 2 aromatic carbocycles. The summed E-state index contributed by atoms with van der Waals surface area (Å²) in [4.78, 5) is 19.2. The van der Waals surface area contributed by atoms with Crippen LogP contribution in [-0.2, 0) is 26.9 Å². The van der Waals surface area contributed by atoms with Crippen LogP contribution in [0.15, 0.2) is 58.9 Å². The number of aliphatic imine (C=N–C) groups is 1. The summed E-state index contributed by atoms with van der Waals surface area (Å²) in [6.45, 7) is 2.14. The molecule has 1 atom stereocenters. The Hall–Kier alpha value is -2.91. The molecule has 0 spiro atoms. The summed E-state index contributed by atoms with van der Waals surface area (Å²) in [5.74, 6) is 0.0355. The number of hydrogen-bond acceptors (Lipinski definition) is 6. The van der Waals surface area contributed by atoms with Crippen LogP contribution in [0.2, 0.25) is 0 Å². The second-order valence-corrected chi connectivity index (χ2v) is 10.9. The molecule has 0 bridgehead atoms. The summed E-state index contributed by atoms with van der Waals surface area (Å²) < 4.78 is 26.0. The lowest BCUT2D eigenvalue weighted by Gasteiger charge is -2.35. The Balaban J connectivity index is 1.61. The van der Waals surface area contributed by atoms with Crippen molar-refractivity contribution >= 4 is 49.0 Å². The number of anilines is 1. The van der Waals surface area contributed by atoms with E-state index in [9.17, 15) is 13.2 Å². The molecule has 7 nitrogen and oxygen atoms in total. The summed E-state index contributed by atoms with van der Waals surface area (Å²) in [7, 11) is -1.89. The van der Waals surface area contributed by atoms with Gasteiger partial charge >= 0.3 is 0 Å². The number of benzene rings is 2. The van der Waals surface area contributed by atoms with E-state index in [0.717, 1.165) is 22.8 Å². The number of sulfonamides is 1. The number of hydrogen-bond donors (Lipinski definition) is 1. The van der Waals surface area contributed by atoms with E-state index in [1.165, 1.54) is 21.0 Å². The van der Waals surface area contributed by atoms with Crippen LogP contribution < -0.4 is 10.0 Å². The van der Waals surface area contributed by atoms with Crippen LogP contribution in [0.4, 0.5) is 5.69 Å². The van der Waals surface area contributed by atoms with Gasteiger partial charge in [0.1, 0.15) is 0 Å². The van der Waals surface area contributed by atoms with Crippen molar-refractivity contribution in [3.63, 3.8) is 0 Å². The number of amides is 1. The normalized spacial score (nSPS) is 19.5. The van der Waals surface area contributed by atoms with Gasteiger partial charge in [-0.05, 0) is 59.1 Å². The predicted molar refractivity (Wildman–Crippen MR) is 126 cm³/mol. The van der Waals surface area contributed by atoms with Gasteiger partial charge in [0, 0.05) is 11.7 Å². The lowest BCUT2D eigenvalue weighted by molar-refractivity contribution is -0.130. The molecule has 0 saturated heterocycles. The number of guanidine groups is 1. The lowest BCUT2D eigenvalue weighted by atomic mass is 9.87. The van der Waals surface area contributed by atoms with E-state index in [0.29, 0.717) is 5.69 Å². The van der Waals surface area contributed by atoms with Gasteiger partial charge < -0.3 is 5.73 Å². The molecule has 9 heteroatoms. The van der Waals surface area contributed by atoms with Crippen LogP contribution in [-0.4, -0.2) is 38.5 Å². The minimum atomic E-state index is -3.38. The number of nitrogens with zero attached hydrogens (tertiary/aromatic N) is 3. The van der Waals surface area contributed by atoms with E-state index in [1.807, 2.05) is 30.5 Å². The van der Waals surface area contributed by atoms with Crippen molar-refractivity contribution in [1.82, 2.24) is 4.90 Å². The Bertz CT molecular complexity index is 1300. The van der Waals surface area contributed by atoms with E-state index >= 15 is 0 Å². The first-order valence-electron chi connectivity index (χ1n) is 9.73. The van der Waals surface area contributed by atoms with Gasteiger partial charge in [-0.1, -0.05) is 18.2 Å². The highest BCUT2D eigenvalue weighted by molar-refractivity contribution is 7.92. The summed E-state index contributed by atoms with van der Waals surface area (Å²) >= 11 is 1.67. The molecule has 2 heterocycles. The van der Waals surface area contributed by atoms with Crippen molar-refractivity contribution in [2.45, 2.75) is 25.4 Å². The second-order valence-electron chi connectivity index (χ2n) is 7.97. The van der Waals surface area contributed by atoms with Crippen LogP contribution in [0.3, 0.4) is 0 Å². The monoisotopic (exact) mass is 456 g/mol. The molecule has 0 saturated carbocycles. The van der Waals surface area contributed by atoms with Gasteiger partial charge in [0.15, 0.2) is 5.96 Å². The molecule has 3 aromatic rings. The van der Waals surface area contributed by atoms with Crippen LogP contribution in [0, 0.1) is 0 Å². The summed E-state index contributed by atoms with van der Waals surface area (Å²) in [5, 5.41) is 3.16. The number of rotatable bonds is 5. The Morgan fingerprint density at radius 1 is 1.23 bits per heavy atom. The lowest BCUT2D eigenvalue weighted by Crippen LogP contribution is -2.49. The minimum Gasteiger partial charge on any atom is -0.369 e. The highest BCUT2D eigenvalue weighted by Crippen LogP contribution is 2.36. The number of carbonyl (C=O) groups is 1. The number of thiophene rings is 1. The molecule has 162 valence electrons. The first kappa shape index (κ1) is 21.3. The number of nitrogens with two attached hydrogens (primary N) is 1. The standard InChI is InChI=1S/C22H24N4O3S2/c1-22(17-7-8-19-16(12-17)9-10-30-19)13-20(27)26(21(23)24-22)14-15-5-4-6-18(11-15)25(2)31(3,28)29/h4-12H,13-14H2,1-3H3,(H2,23,24)/t22-/m0/s1. The van der Waals surface area contributed by atoms with Crippen molar-refractivity contribution in [2.24, 2.45) is 10.7 Å². The SMILES string of the molecule is CN(c1cccc(CN2C(=O)C[C@@](C)(c3ccc4sccc4c3)N=C2N)c1)S(C)(=O)=O. The molecule has 2 N–H and O–H groups in total. The Labute approximate surface area is 185 Å². The molecule has 31 heavy (non-hydrogen) atoms. The van der Waals surface area contributed by atoms with Crippen molar-refractivity contribution in [3.8, 4) is 0 Å². The number of carbonyl (C=O) groups excluding carboxylic acids is 1. The van der Waals surface area contributed by atoms with Gasteiger partial charge in [-0.2, -0.15) is 0 Å². The van der Waals surface area contributed by atoms with Gasteiger partial charge in [0.2, 0.25) is 15.9 Å². The third kappa shape index (κ3) is 4.15. The zero-order valence-electron chi connectivity index (χ0n) is 17.6. The molecule has 1 aliphatic rings. The molecule has 0 aliphatic carbocycles. The van der Waals surface area contributed by atoms with Crippen LogP contribution >= 0.6 is 11.3 Å². The van der Waals surface area contributed by atoms with Gasteiger partial charge in [-0.15, -0.1) is 11.3 Å². The Morgan fingerprint density at radius 2 is 2.00 bits per heavy atom. The van der Waals surface area contributed by atoms with Crippen LogP contribution in [0.1, 0.15) is 24.5 Å². The molecule has 0 unspecified atom stereocenters. The maximum absolute atomic E-state index is 13.1. The number of fused-ring (bicyclic) bond motifs is 1. The quantitative estimate of drug-likeness (QED) is 0.637. The maximum atomic E-state index is 13.1. The third-order valence-electron chi connectivity index (χ3n) is 5.62. The first-order valence-corrected chi connectivity index (χ1v) is 12.5. The topological polar surface area (TPSA) is 96.1 Å². The molecule has 1 amide bonds. The van der Waals surface area contributed by atoms with E-state index in [1.54, 1.807) is 29.5 Å². The van der Waals surface area contributed by atoms with Crippen molar-refractivity contribution in [3.05, 3.63) is 65.0 Å². The average Bonchev–Trinajstić information content (AvgIpc) is 3.17. The fraction of sp³-hybridized carbons (Fsp3) is 0.273. The maximum Gasteiger partial charge on any atom is 0.232 e. The van der Waals surface area contributed by atoms with E-state index < -0.39 is 15.6 Å². The van der Waals surface area contributed by atoms with Gasteiger partial charge in [-0.25, -0.2) is 13.4 Å². The largest absolute Gasteiger partial charge is 0.369 e. The van der Waals surface area contributed by atoms with Crippen LogP contribution in [0.5, 0.6) is 0 Å². The summed E-state index contributed by atoms with van der Waals surface area (Å²) in [6.07, 6.45) is 1.35. The predicted octanol–water partition coefficient (Wildman–Crippen LogP) is 3.26. The van der Waals surface area contributed by atoms with Crippen molar-refractivity contribution < 1.29 is 13.2 Å². The second kappa shape index (κ2) is 7.65. The summed E-state index contributed by atoms with van der Waals surface area (Å²) in [6, 6.07) is 15.2. The minimum absolute atomic E-state index is 0.123. The molecule has 0 fully saturated rings. The molecule has 1 aliphatic heterocycles. The fourth-order valence-electron chi connectivity index (χ4n) is 3.73. The molecular formula is C22H24N4O3S2. The van der Waals surface area contributed by atoms with Gasteiger partial charge in [0.25, 0.3) is 0 Å². The highest BCUT2D eigenvalue weighted by atomic mass is 32.2. The molecular weight excluding hydrogens is 432 g/mol. The Morgan fingerprint density at radius 3 is 2.71 bits per heavy atom. The first-order chi connectivity index (χ1) is 14.6. The van der Waals surface area contributed by atoms with Crippen molar-refractivity contribution in [2.75, 3.05) is 17.6 Å². The van der Waals surface area contributed by atoms with E-state index in [-0.39, 0.29) is 24.8 Å². The van der Waals surface area contributed by atoms with E-state index in [2.05, 4.69) is 12.1 Å². The highest BCUT2D eigenvalue weighted by Gasteiger charge is 2.37. The smallest absolute Gasteiger partial charge is 0.232 e. The molecule has 4 rings (SSSR count). The zero-order valence-corrected chi connectivity index (χ0v) is 19.2. The average molecular weight is 457 g/mol. The zero-order chi connectivity index (χ0) is 22.4. The third-order valence-corrected chi connectivity index (χ3v) is 7.72. The van der Waals surface area contributed by atoms with Crippen LogP contribution in [0.25, 0.3) is 10.1 Å². The molecule has 1 aromatic heterocycles. The van der Waals surface area contributed by atoms with Gasteiger partial charge in [-0.3, -0.25) is 14.0 Å².